The van der Waals surface area contributed by atoms with Crippen molar-refractivity contribution in [3.63, 3.8) is 0 Å². The number of anilines is 1. The average Bonchev–Trinajstić information content (AvgIpc) is 3.45. The van der Waals surface area contributed by atoms with E-state index >= 15 is 0 Å². The van der Waals surface area contributed by atoms with Gasteiger partial charge in [0.1, 0.15) is 12.1 Å². The Labute approximate surface area is 194 Å². The highest BCUT2D eigenvalue weighted by molar-refractivity contribution is 5.88. The number of carbonyl (C=O) groups excluding carboxylic acids is 1. The first-order valence-electron chi connectivity index (χ1n) is 11.1. The van der Waals surface area contributed by atoms with Crippen LogP contribution in [0.5, 0.6) is 0 Å². The summed E-state index contributed by atoms with van der Waals surface area (Å²) >= 11 is 0. The Morgan fingerprint density at radius 2 is 2.16 bits per heavy atom. The summed E-state index contributed by atoms with van der Waals surface area (Å²) in [5, 5.41) is 16.4. The number of pyridine rings is 1. The lowest BCUT2D eigenvalue weighted by molar-refractivity contribution is -0.123. The number of Topliss-reactive ketones (excluding diaryl/α,β-unsaturated/α-hetero) is 1. The van der Waals surface area contributed by atoms with E-state index in [2.05, 4.69) is 50.9 Å². The van der Waals surface area contributed by atoms with Gasteiger partial charge in [-0.25, -0.2) is 0 Å². The number of ketones is 1. The normalized spacial score (nSPS) is 26.8. The number of rotatable bonds is 5. The zero-order chi connectivity index (χ0) is 21.2. The molecule has 2 aromatic rings. The van der Waals surface area contributed by atoms with Gasteiger partial charge in [-0.15, -0.1) is 12.4 Å². The molecule has 4 atom stereocenters. The molecule has 8 heteroatoms. The van der Waals surface area contributed by atoms with E-state index < -0.39 is 0 Å². The number of nitriles is 1. The quantitative estimate of drug-likeness (QED) is 0.718. The molecule has 0 radical (unpaired) electrons. The van der Waals surface area contributed by atoms with Crippen LogP contribution in [0.1, 0.15) is 42.0 Å². The zero-order valence-electron chi connectivity index (χ0n) is 17.9. The third-order valence-corrected chi connectivity index (χ3v) is 6.69. The van der Waals surface area contributed by atoms with Gasteiger partial charge in [-0.2, -0.15) is 5.26 Å². The second-order valence-corrected chi connectivity index (χ2v) is 8.52. The minimum atomic E-state index is -0.295. The van der Waals surface area contributed by atoms with Crippen LogP contribution < -0.4 is 15.5 Å². The molecule has 168 valence electrons. The van der Waals surface area contributed by atoms with E-state index in [-0.39, 0.29) is 42.5 Å². The van der Waals surface area contributed by atoms with Gasteiger partial charge in [0.15, 0.2) is 5.78 Å². The summed E-state index contributed by atoms with van der Waals surface area (Å²) < 4.78 is 6.36. The predicted octanol–water partition coefficient (Wildman–Crippen LogP) is 2.50. The van der Waals surface area contributed by atoms with Gasteiger partial charge in [0.05, 0.1) is 29.5 Å². The molecule has 3 aliphatic heterocycles. The Morgan fingerprint density at radius 3 is 3.03 bits per heavy atom. The molecule has 2 saturated heterocycles. The molecule has 2 fully saturated rings. The van der Waals surface area contributed by atoms with Gasteiger partial charge in [-0.05, 0) is 30.0 Å². The SMILES string of the molecule is Cl.N#Cc1cnccc1N1CCNCC1C(=O)CC1CCC(C2NCc3ccccc32)O1. The van der Waals surface area contributed by atoms with Crippen LogP contribution in [0.3, 0.4) is 0 Å². The van der Waals surface area contributed by atoms with Crippen molar-refractivity contribution < 1.29 is 9.53 Å². The maximum Gasteiger partial charge on any atom is 0.159 e. The van der Waals surface area contributed by atoms with Crippen LogP contribution in [0.25, 0.3) is 0 Å². The van der Waals surface area contributed by atoms with Crippen LogP contribution in [-0.2, 0) is 16.1 Å². The lowest BCUT2D eigenvalue weighted by Crippen LogP contribution is -2.55. The lowest BCUT2D eigenvalue weighted by atomic mass is 9.98. The van der Waals surface area contributed by atoms with Crippen LogP contribution >= 0.6 is 12.4 Å². The maximum absolute atomic E-state index is 13.3. The minimum absolute atomic E-state index is 0. The largest absolute Gasteiger partial charge is 0.373 e. The van der Waals surface area contributed by atoms with Crippen LogP contribution in [0.4, 0.5) is 5.69 Å². The number of aromatic nitrogens is 1. The molecular formula is C24H28ClN5O2. The van der Waals surface area contributed by atoms with E-state index in [1.807, 2.05) is 6.07 Å². The van der Waals surface area contributed by atoms with Crippen molar-refractivity contribution in [2.45, 2.75) is 50.1 Å². The van der Waals surface area contributed by atoms with Crippen molar-refractivity contribution in [1.82, 2.24) is 15.6 Å². The fourth-order valence-corrected chi connectivity index (χ4v) is 5.15. The summed E-state index contributed by atoms with van der Waals surface area (Å²) in [5.41, 5.74) is 3.95. The first kappa shape index (κ1) is 22.7. The van der Waals surface area contributed by atoms with E-state index in [1.54, 1.807) is 12.4 Å². The average molecular weight is 454 g/mol. The van der Waals surface area contributed by atoms with E-state index in [0.717, 1.165) is 31.6 Å². The molecule has 32 heavy (non-hydrogen) atoms. The number of ether oxygens (including phenoxy) is 1. The van der Waals surface area contributed by atoms with E-state index in [1.165, 1.54) is 11.1 Å². The molecule has 0 amide bonds. The van der Waals surface area contributed by atoms with Gasteiger partial charge < -0.3 is 20.3 Å². The number of hydrogen-bond acceptors (Lipinski definition) is 7. The Hall–Kier alpha value is -2.50. The topological polar surface area (TPSA) is 90.3 Å². The molecule has 0 bridgehead atoms. The molecule has 3 aliphatic rings. The van der Waals surface area contributed by atoms with E-state index in [9.17, 15) is 10.1 Å². The summed E-state index contributed by atoms with van der Waals surface area (Å²) in [6, 6.07) is 12.4. The van der Waals surface area contributed by atoms with E-state index in [4.69, 9.17) is 4.74 Å². The summed E-state index contributed by atoms with van der Waals surface area (Å²) in [6.45, 7) is 2.93. The minimum Gasteiger partial charge on any atom is -0.373 e. The van der Waals surface area contributed by atoms with Gasteiger partial charge in [0.25, 0.3) is 0 Å². The highest BCUT2D eigenvalue weighted by Gasteiger charge is 2.38. The molecule has 4 heterocycles. The summed E-state index contributed by atoms with van der Waals surface area (Å²) in [7, 11) is 0. The molecular weight excluding hydrogens is 426 g/mol. The third kappa shape index (κ3) is 4.37. The smallest absolute Gasteiger partial charge is 0.159 e. The Morgan fingerprint density at radius 1 is 1.28 bits per heavy atom. The number of halogens is 1. The molecule has 5 rings (SSSR count). The number of piperazine rings is 1. The second kappa shape index (κ2) is 9.97. The first-order chi connectivity index (χ1) is 15.2. The van der Waals surface area contributed by atoms with Crippen LogP contribution in [0.2, 0.25) is 0 Å². The van der Waals surface area contributed by atoms with Crippen molar-refractivity contribution in [3.8, 4) is 6.07 Å². The van der Waals surface area contributed by atoms with Crippen molar-refractivity contribution in [3.05, 3.63) is 59.4 Å². The maximum atomic E-state index is 13.3. The van der Waals surface area contributed by atoms with Crippen LogP contribution in [-0.4, -0.2) is 48.7 Å². The predicted molar refractivity (Wildman–Crippen MR) is 124 cm³/mol. The van der Waals surface area contributed by atoms with Gasteiger partial charge in [0, 0.05) is 45.0 Å². The van der Waals surface area contributed by atoms with Gasteiger partial charge in [-0.3, -0.25) is 9.78 Å². The molecule has 4 unspecified atom stereocenters. The molecule has 2 N–H and O–H groups in total. The molecule has 7 nitrogen and oxygen atoms in total. The van der Waals surface area contributed by atoms with Crippen LogP contribution in [0.15, 0.2) is 42.7 Å². The number of benzene rings is 1. The molecule has 1 aromatic heterocycles. The fraction of sp³-hybridized carbons (Fsp3) is 0.458. The van der Waals surface area contributed by atoms with Crippen molar-refractivity contribution in [1.29, 1.82) is 5.26 Å². The molecule has 0 spiro atoms. The third-order valence-electron chi connectivity index (χ3n) is 6.69. The fourth-order valence-electron chi connectivity index (χ4n) is 5.15. The monoisotopic (exact) mass is 453 g/mol. The van der Waals surface area contributed by atoms with Gasteiger partial charge in [0.2, 0.25) is 0 Å². The number of fused-ring (bicyclic) bond motifs is 1. The number of carbonyl (C=O) groups is 1. The van der Waals surface area contributed by atoms with Gasteiger partial charge >= 0.3 is 0 Å². The molecule has 0 saturated carbocycles. The van der Waals surface area contributed by atoms with Crippen molar-refractivity contribution in [2.75, 3.05) is 24.5 Å². The summed E-state index contributed by atoms with van der Waals surface area (Å²) in [6.07, 6.45) is 5.55. The highest BCUT2D eigenvalue weighted by atomic mass is 35.5. The summed E-state index contributed by atoms with van der Waals surface area (Å²) in [5.74, 6) is 0.165. The Bertz CT molecular complexity index is 1010. The zero-order valence-corrected chi connectivity index (χ0v) is 18.7. The molecule has 1 aromatic carbocycles. The first-order valence-corrected chi connectivity index (χ1v) is 11.1. The second-order valence-electron chi connectivity index (χ2n) is 8.52. The molecule has 0 aliphatic carbocycles. The number of hydrogen-bond donors (Lipinski definition) is 2. The van der Waals surface area contributed by atoms with Crippen molar-refractivity contribution in [2.24, 2.45) is 0 Å². The van der Waals surface area contributed by atoms with Gasteiger partial charge in [-0.1, -0.05) is 24.3 Å². The lowest BCUT2D eigenvalue weighted by Gasteiger charge is -2.37. The Kier molecular flexibility index (Phi) is 7.07. The number of nitrogens with zero attached hydrogens (tertiary/aromatic N) is 3. The number of nitrogens with one attached hydrogen (secondary N) is 2. The highest BCUT2D eigenvalue weighted by Crippen LogP contribution is 2.36. The summed E-state index contributed by atoms with van der Waals surface area (Å²) in [4.78, 5) is 19.4. The van der Waals surface area contributed by atoms with E-state index in [0.29, 0.717) is 25.1 Å². The van der Waals surface area contributed by atoms with Crippen LogP contribution in [0, 0.1) is 11.3 Å². The standard InChI is InChI=1S/C24H27N5O2.ClH/c25-12-17-13-26-8-7-20(17)29-10-9-27-15-21(29)22(30)11-18-5-6-23(31-18)24-19-4-2-1-3-16(19)14-28-24;/h1-4,7-8,13,18,21,23-24,27-28H,5-6,9-11,14-15H2;1H. The Balaban J connectivity index is 0.00000245. The van der Waals surface area contributed by atoms with Crippen molar-refractivity contribution >= 4 is 23.9 Å².